The highest BCUT2D eigenvalue weighted by Gasteiger charge is 2.31. The van der Waals surface area contributed by atoms with Crippen LogP contribution < -0.4 is 0 Å². The van der Waals surface area contributed by atoms with Crippen molar-refractivity contribution in [1.29, 1.82) is 0 Å². The van der Waals surface area contributed by atoms with Crippen molar-refractivity contribution < 1.29 is 0 Å². The summed E-state index contributed by atoms with van der Waals surface area (Å²) < 4.78 is 2.22. The van der Waals surface area contributed by atoms with Crippen molar-refractivity contribution in [2.24, 2.45) is 0 Å². The predicted molar refractivity (Wildman–Crippen MR) is 94.4 cm³/mol. The summed E-state index contributed by atoms with van der Waals surface area (Å²) in [4.78, 5) is 4.64. The van der Waals surface area contributed by atoms with Gasteiger partial charge in [-0.15, -0.1) is 21.5 Å². The van der Waals surface area contributed by atoms with Gasteiger partial charge in [0.25, 0.3) is 0 Å². The molecule has 23 heavy (non-hydrogen) atoms. The Labute approximate surface area is 144 Å². The first-order chi connectivity index (χ1) is 11.3. The number of thiazole rings is 1. The summed E-state index contributed by atoms with van der Waals surface area (Å²) in [5.74, 6) is 2.51. The second kappa shape index (κ2) is 6.45. The molecule has 1 aliphatic carbocycles. The molecule has 0 radical (unpaired) electrons. The van der Waals surface area contributed by atoms with E-state index in [0.29, 0.717) is 5.92 Å². The molecule has 0 unspecified atom stereocenters. The Morgan fingerprint density at radius 2 is 2.04 bits per heavy atom. The lowest BCUT2D eigenvalue weighted by Crippen LogP contribution is -2.01. The highest BCUT2D eigenvalue weighted by molar-refractivity contribution is 7.98. The Balaban J connectivity index is 1.60. The van der Waals surface area contributed by atoms with Gasteiger partial charge in [-0.05, 0) is 31.4 Å². The molecule has 0 aliphatic heterocycles. The van der Waals surface area contributed by atoms with Gasteiger partial charge in [-0.25, -0.2) is 4.98 Å². The number of para-hydroxylation sites is 1. The Morgan fingerprint density at radius 3 is 2.74 bits per heavy atom. The van der Waals surface area contributed by atoms with E-state index in [9.17, 15) is 0 Å². The maximum Gasteiger partial charge on any atom is 0.196 e. The molecule has 0 bridgehead atoms. The third-order valence-electron chi connectivity index (χ3n) is 3.87. The molecule has 0 saturated heterocycles. The summed E-state index contributed by atoms with van der Waals surface area (Å²) in [5.41, 5.74) is 2.28. The molecule has 118 valence electrons. The van der Waals surface area contributed by atoms with Gasteiger partial charge < -0.3 is 0 Å². The third-order valence-corrected chi connectivity index (χ3v) is 5.87. The molecule has 4 nitrogen and oxygen atoms in total. The van der Waals surface area contributed by atoms with Crippen molar-refractivity contribution in [2.75, 3.05) is 0 Å². The van der Waals surface area contributed by atoms with Crippen molar-refractivity contribution in [1.82, 2.24) is 19.7 Å². The average Bonchev–Trinajstić information content (AvgIpc) is 3.19. The molecule has 2 aromatic heterocycles. The molecular weight excluding hydrogens is 324 g/mol. The number of hydrogen-bond donors (Lipinski definition) is 0. The molecule has 2 heterocycles. The van der Waals surface area contributed by atoms with E-state index in [-0.39, 0.29) is 0 Å². The van der Waals surface area contributed by atoms with Crippen molar-refractivity contribution in [3.05, 3.63) is 52.2 Å². The standard InChI is InChI=1S/C17H18N4S2/c1-2-15-18-13(10-22-15)11-23-17-20-19-16(12-8-9-12)21(17)14-6-4-3-5-7-14/h3-7,10,12H,2,8-9,11H2,1H3. The van der Waals surface area contributed by atoms with Crippen LogP contribution in [0.5, 0.6) is 0 Å². The van der Waals surface area contributed by atoms with Crippen LogP contribution in [0, 0.1) is 0 Å². The van der Waals surface area contributed by atoms with Gasteiger partial charge in [0.2, 0.25) is 0 Å². The van der Waals surface area contributed by atoms with Gasteiger partial charge in [-0.2, -0.15) is 0 Å². The Hall–Kier alpha value is -1.66. The van der Waals surface area contributed by atoms with Crippen LogP contribution in [-0.2, 0) is 12.2 Å². The van der Waals surface area contributed by atoms with E-state index in [1.54, 1.807) is 23.1 Å². The monoisotopic (exact) mass is 342 g/mol. The minimum atomic E-state index is 0.572. The number of benzene rings is 1. The van der Waals surface area contributed by atoms with Crippen LogP contribution in [0.3, 0.4) is 0 Å². The molecule has 4 rings (SSSR count). The largest absolute Gasteiger partial charge is 0.274 e. The lowest BCUT2D eigenvalue weighted by Gasteiger charge is -2.09. The molecule has 1 saturated carbocycles. The number of aromatic nitrogens is 4. The number of aryl methyl sites for hydroxylation is 1. The molecule has 6 heteroatoms. The lowest BCUT2D eigenvalue weighted by atomic mass is 10.3. The predicted octanol–water partition coefficient (Wildman–Crippen LogP) is 4.46. The minimum Gasteiger partial charge on any atom is -0.274 e. The normalized spacial score (nSPS) is 14.3. The zero-order valence-electron chi connectivity index (χ0n) is 13.0. The van der Waals surface area contributed by atoms with Gasteiger partial charge >= 0.3 is 0 Å². The van der Waals surface area contributed by atoms with Crippen molar-refractivity contribution in [3.8, 4) is 5.69 Å². The van der Waals surface area contributed by atoms with Crippen LogP contribution in [0.2, 0.25) is 0 Å². The molecule has 0 N–H and O–H groups in total. The Bertz CT molecular complexity index is 790. The van der Waals surface area contributed by atoms with Crippen LogP contribution in [0.1, 0.15) is 42.2 Å². The van der Waals surface area contributed by atoms with E-state index in [0.717, 1.165) is 34.5 Å². The van der Waals surface area contributed by atoms with Gasteiger partial charge in [0.15, 0.2) is 5.16 Å². The maximum absolute atomic E-state index is 4.64. The fraction of sp³-hybridized carbons (Fsp3) is 0.353. The molecule has 0 atom stereocenters. The van der Waals surface area contributed by atoms with Gasteiger partial charge in [-0.1, -0.05) is 36.9 Å². The SMILES string of the molecule is CCc1nc(CSc2nnc(C3CC3)n2-c2ccccc2)cs1. The second-order valence-corrected chi connectivity index (χ2v) is 7.55. The van der Waals surface area contributed by atoms with Gasteiger partial charge in [-0.3, -0.25) is 4.57 Å². The van der Waals surface area contributed by atoms with Crippen LogP contribution >= 0.6 is 23.1 Å². The van der Waals surface area contributed by atoms with E-state index in [2.05, 4.69) is 56.3 Å². The quantitative estimate of drug-likeness (QED) is 0.621. The number of thioether (sulfide) groups is 1. The molecular formula is C17H18N4S2. The van der Waals surface area contributed by atoms with E-state index in [4.69, 9.17) is 0 Å². The van der Waals surface area contributed by atoms with Crippen molar-refractivity contribution in [3.63, 3.8) is 0 Å². The number of rotatable bonds is 6. The topological polar surface area (TPSA) is 43.6 Å². The first kappa shape index (κ1) is 14.9. The highest BCUT2D eigenvalue weighted by Crippen LogP contribution is 2.41. The number of nitrogens with zero attached hydrogens (tertiary/aromatic N) is 4. The second-order valence-electron chi connectivity index (χ2n) is 5.66. The van der Waals surface area contributed by atoms with E-state index in [1.807, 2.05) is 6.07 Å². The van der Waals surface area contributed by atoms with Crippen molar-refractivity contribution >= 4 is 23.1 Å². The first-order valence-corrected chi connectivity index (χ1v) is 9.78. The molecule has 1 fully saturated rings. The van der Waals surface area contributed by atoms with Crippen LogP contribution in [-0.4, -0.2) is 19.7 Å². The van der Waals surface area contributed by atoms with Crippen LogP contribution in [0.4, 0.5) is 0 Å². The summed E-state index contributed by atoms with van der Waals surface area (Å²) in [6.07, 6.45) is 3.45. The zero-order valence-corrected chi connectivity index (χ0v) is 14.6. The molecule has 3 aromatic rings. The molecule has 1 aromatic carbocycles. The van der Waals surface area contributed by atoms with E-state index in [1.165, 1.54) is 17.8 Å². The zero-order chi connectivity index (χ0) is 15.6. The Morgan fingerprint density at radius 1 is 1.22 bits per heavy atom. The number of hydrogen-bond acceptors (Lipinski definition) is 5. The maximum atomic E-state index is 4.64. The van der Waals surface area contributed by atoms with E-state index >= 15 is 0 Å². The minimum absolute atomic E-state index is 0.572. The smallest absolute Gasteiger partial charge is 0.196 e. The fourth-order valence-electron chi connectivity index (χ4n) is 2.52. The van der Waals surface area contributed by atoms with E-state index < -0.39 is 0 Å². The first-order valence-electron chi connectivity index (χ1n) is 7.92. The van der Waals surface area contributed by atoms with Gasteiger partial charge in [0.05, 0.1) is 10.7 Å². The van der Waals surface area contributed by atoms with Crippen molar-refractivity contribution in [2.45, 2.75) is 43.0 Å². The van der Waals surface area contributed by atoms with Gasteiger partial charge in [0, 0.05) is 22.7 Å². The molecule has 0 spiro atoms. The average molecular weight is 342 g/mol. The van der Waals surface area contributed by atoms with Crippen LogP contribution in [0.25, 0.3) is 5.69 Å². The third kappa shape index (κ3) is 3.19. The summed E-state index contributed by atoms with van der Waals surface area (Å²) in [6.45, 7) is 2.14. The summed E-state index contributed by atoms with van der Waals surface area (Å²) in [6, 6.07) is 10.4. The summed E-state index contributed by atoms with van der Waals surface area (Å²) in [7, 11) is 0. The van der Waals surface area contributed by atoms with Gasteiger partial charge in [0.1, 0.15) is 5.82 Å². The van der Waals surface area contributed by atoms with Crippen LogP contribution in [0.15, 0.2) is 40.9 Å². The summed E-state index contributed by atoms with van der Waals surface area (Å²) in [5, 5.41) is 13.2. The Kier molecular flexibility index (Phi) is 4.18. The molecule has 0 amide bonds. The highest BCUT2D eigenvalue weighted by atomic mass is 32.2. The fourth-order valence-corrected chi connectivity index (χ4v) is 4.22. The summed E-state index contributed by atoms with van der Waals surface area (Å²) >= 11 is 3.46. The lowest BCUT2D eigenvalue weighted by molar-refractivity contribution is 0.829. The molecule has 1 aliphatic rings.